The van der Waals surface area contributed by atoms with Crippen LogP contribution in [0.25, 0.3) is 6.08 Å². The van der Waals surface area contributed by atoms with Crippen molar-refractivity contribution in [3.05, 3.63) is 88.1 Å². The Morgan fingerprint density at radius 2 is 1.73 bits per heavy atom. The molecule has 0 saturated heterocycles. The van der Waals surface area contributed by atoms with Crippen molar-refractivity contribution in [1.82, 2.24) is 0 Å². The highest BCUT2D eigenvalue weighted by Gasteiger charge is 2.15. The standard InChI is InChI=1S/C21H16O4S/c1-24-16-11-8-15(9-12-16)10-13-18(22)17-5-2-3-6-19(17)25-21(23)20-7-4-14-26-20/h2-14H,1H3/b13-10+. The van der Waals surface area contributed by atoms with Crippen LogP contribution in [0.4, 0.5) is 0 Å². The zero-order valence-electron chi connectivity index (χ0n) is 14.0. The summed E-state index contributed by atoms with van der Waals surface area (Å²) in [4.78, 5) is 25.2. The number of thiophene rings is 1. The fraction of sp³-hybridized carbons (Fsp3) is 0.0476. The molecule has 2 aromatic carbocycles. The number of hydrogen-bond acceptors (Lipinski definition) is 5. The molecule has 0 atom stereocenters. The Hall–Kier alpha value is -3.18. The van der Waals surface area contributed by atoms with E-state index in [-0.39, 0.29) is 11.5 Å². The molecular formula is C21H16O4S. The van der Waals surface area contributed by atoms with Crippen LogP contribution in [0.15, 0.2) is 72.1 Å². The molecule has 3 aromatic rings. The molecule has 0 bridgehead atoms. The van der Waals surface area contributed by atoms with Crippen molar-refractivity contribution in [2.75, 3.05) is 7.11 Å². The summed E-state index contributed by atoms with van der Waals surface area (Å²) >= 11 is 1.29. The quantitative estimate of drug-likeness (QED) is 0.271. The second kappa shape index (κ2) is 8.27. The van der Waals surface area contributed by atoms with E-state index in [0.29, 0.717) is 10.4 Å². The fourth-order valence-electron chi connectivity index (χ4n) is 2.28. The van der Waals surface area contributed by atoms with Crippen molar-refractivity contribution in [1.29, 1.82) is 0 Å². The van der Waals surface area contributed by atoms with Crippen molar-refractivity contribution in [3.63, 3.8) is 0 Å². The van der Waals surface area contributed by atoms with Gasteiger partial charge < -0.3 is 9.47 Å². The third-order valence-electron chi connectivity index (χ3n) is 3.62. The molecule has 0 amide bonds. The van der Waals surface area contributed by atoms with Gasteiger partial charge in [-0.1, -0.05) is 36.4 Å². The molecule has 130 valence electrons. The molecule has 0 saturated carbocycles. The number of hydrogen-bond donors (Lipinski definition) is 0. The molecular weight excluding hydrogens is 348 g/mol. The summed E-state index contributed by atoms with van der Waals surface area (Å²) in [5.74, 6) is 0.282. The number of methoxy groups -OCH3 is 1. The largest absolute Gasteiger partial charge is 0.497 e. The Morgan fingerprint density at radius 3 is 2.42 bits per heavy atom. The van der Waals surface area contributed by atoms with E-state index in [4.69, 9.17) is 9.47 Å². The molecule has 4 nitrogen and oxygen atoms in total. The predicted octanol–water partition coefficient (Wildman–Crippen LogP) is 4.87. The minimum absolute atomic E-state index is 0.240. The van der Waals surface area contributed by atoms with Gasteiger partial charge in [-0.15, -0.1) is 11.3 Å². The summed E-state index contributed by atoms with van der Waals surface area (Å²) in [6.45, 7) is 0. The Labute approximate surface area is 155 Å². The summed E-state index contributed by atoms with van der Waals surface area (Å²) in [7, 11) is 1.60. The lowest BCUT2D eigenvalue weighted by atomic mass is 10.1. The molecule has 26 heavy (non-hydrogen) atoms. The van der Waals surface area contributed by atoms with Gasteiger partial charge in [0.05, 0.1) is 12.7 Å². The Kier molecular flexibility index (Phi) is 5.61. The van der Waals surface area contributed by atoms with Crippen molar-refractivity contribution in [3.8, 4) is 11.5 Å². The highest BCUT2D eigenvalue weighted by atomic mass is 32.1. The van der Waals surface area contributed by atoms with Crippen LogP contribution < -0.4 is 9.47 Å². The van der Waals surface area contributed by atoms with Gasteiger partial charge in [-0.25, -0.2) is 4.79 Å². The highest BCUT2D eigenvalue weighted by molar-refractivity contribution is 7.12. The third-order valence-corrected chi connectivity index (χ3v) is 4.47. The van der Waals surface area contributed by atoms with E-state index in [1.807, 2.05) is 24.3 Å². The second-order valence-corrected chi connectivity index (χ2v) is 6.28. The average Bonchev–Trinajstić information content (AvgIpc) is 3.22. The van der Waals surface area contributed by atoms with Gasteiger partial charge in [0.25, 0.3) is 0 Å². The van der Waals surface area contributed by atoms with Crippen LogP contribution in [0.5, 0.6) is 11.5 Å². The summed E-state index contributed by atoms with van der Waals surface area (Å²) in [6, 6.07) is 17.5. The Morgan fingerprint density at radius 1 is 0.962 bits per heavy atom. The number of carbonyl (C=O) groups excluding carboxylic acids is 2. The van der Waals surface area contributed by atoms with E-state index in [9.17, 15) is 9.59 Å². The van der Waals surface area contributed by atoms with E-state index < -0.39 is 5.97 Å². The van der Waals surface area contributed by atoms with Crippen molar-refractivity contribution < 1.29 is 19.1 Å². The molecule has 0 fully saturated rings. The van der Waals surface area contributed by atoms with Crippen LogP contribution in [0, 0.1) is 0 Å². The molecule has 3 rings (SSSR count). The van der Waals surface area contributed by atoms with Crippen molar-refractivity contribution in [2.45, 2.75) is 0 Å². The Balaban J connectivity index is 1.76. The van der Waals surface area contributed by atoms with Crippen LogP contribution in [-0.2, 0) is 0 Å². The van der Waals surface area contributed by atoms with Crippen molar-refractivity contribution >= 4 is 29.2 Å². The van der Waals surface area contributed by atoms with E-state index in [1.54, 1.807) is 55.0 Å². The molecule has 5 heteroatoms. The maximum absolute atomic E-state index is 12.5. The zero-order chi connectivity index (χ0) is 18.4. The first kappa shape index (κ1) is 17.6. The van der Waals surface area contributed by atoms with Gasteiger partial charge in [0.1, 0.15) is 16.4 Å². The van der Waals surface area contributed by atoms with Gasteiger partial charge in [0, 0.05) is 0 Å². The van der Waals surface area contributed by atoms with Gasteiger partial charge in [-0.3, -0.25) is 4.79 Å². The van der Waals surface area contributed by atoms with E-state index in [2.05, 4.69) is 0 Å². The van der Waals surface area contributed by atoms with Gasteiger partial charge in [-0.2, -0.15) is 0 Å². The number of carbonyl (C=O) groups is 2. The number of benzene rings is 2. The van der Waals surface area contributed by atoms with Gasteiger partial charge >= 0.3 is 5.97 Å². The van der Waals surface area contributed by atoms with Gasteiger partial charge in [-0.05, 0) is 47.4 Å². The lowest BCUT2D eigenvalue weighted by Crippen LogP contribution is -2.09. The van der Waals surface area contributed by atoms with Crippen LogP contribution in [0.2, 0.25) is 0 Å². The number of allylic oxidation sites excluding steroid dienone is 1. The SMILES string of the molecule is COc1ccc(/C=C/C(=O)c2ccccc2OC(=O)c2cccs2)cc1. The molecule has 0 spiro atoms. The maximum atomic E-state index is 12.5. The number of para-hydroxylation sites is 1. The predicted molar refractivity (Wildman–Crippen MR) is 102 cm³/mol. The minimum Gasteiger partial charge on any atom is -0.497 e. The van der Waals surface area contributed by atoms with Crippen LogP contribution in [0.3, 0.4) is 0 Å². The number of ketones is 1. The topological polar surface area (TPSA) is 52.6 Å². The number of ether oxygens (including phenoxy) is 2. The van der Waals surface area contributed by atoms with Crippen molar-refractivity contribution in [2.24, 2.45) is 0 Å². The first-order valence-electron chi connectivity index (χ1n) is 7.88. The third kappa shape index (κ3) is 4.26. The monoisotopic (exact) mass is 364 g/mol. The lowest BCUT2D eigenvalue weighted by Gasteiger charge is -2.07. The van der Waals surface area contributed by atoms with E-state index in [1.165, 1.54) is 17.4 Å². The van der Waals surface area contributed by atoms with Gasteiger partial charge in [0.2, 0.25) is 0 Å². The molecule has 1 aromatic heterocycles. The van der Waals surface area contributed by atoms with Crippen LogP contribution in [-0.4, -0.2) is 18.9 Å². The lowest BCUT2D eigenvalue weighted by molar-refractivity contribution is 0.0738. The molecule has 0 unspecified atom stereocenters. The first-order valence-corrected chi connectivity index (χ1v) is 8.76. The maximum Gasteiger partial charge on any atom is 0.353 e. The fourth-order valence-corrected chi connectivity index (χ4v) is 2.88. The molecule has 1 heterocycles. The summed E-state index contributed by atoms with van der Waals surface area (Å²) in [5.41, 5.74) is 1.20. The average molecular weight is 364 g/mol. The van der Waals surface area contributed by atoms with Gasteiger partial charge in [0.15, 0.2) is 5.78 Å². The molecule has 0 N–H and O–H groups in total. The number of rotatable bonds is 6. The minimum atomic E-state index is -0.473. The molecule has 0 radical (unpaired) electrons. The van der Waals surface area contributed by atoms with Crippen LogP contribution >= 0.6 is 11.3 Å². The second-order valence-electron chi connectivity index (χ2n) is 5.33. The van der Waals surface area contributed by atoms with Crippen LogP contribution in [0.1, 0.15) is 25.6 Å². The Bertz CT molecular complexity index is 925. The summed E-state index contributed by atoms with van der Waals surface area (Å²) < 4.78 is 10.5. The summed E-state index contributed by atoms with van der Waals surface area (Å²) in [5, 5.41) is 1.80. The first-order chi connectivity index (χ1) is 12.7. The highest BCUT2D eigenvalue weighted by Crippen LogP contribution is 2.22. The normalized spacial score (nSPS) is 10.7. The van der Waals surface area contributed by atoms with E-state index in [0.717, 1.165) is 11.3 Å². The smallest absolute Gasteiger partial charge is 0.353 e. The van der Waals surface area contributed by atoms with E-state index >= 15 is 0 Å². The number of esters is 1. The zero-order valence-corrected chi connectivity index (χ0v) is 14.9. The molecule has 0 aliphatic rings. The molecule has 0 aliphatic heterocycles. The summed E-state index contributed by atoms with van der Waals surface area (Å²) in [6.07, 6.45) is 3.17. The molecule has 0 aliphatic carbocycles.